The molecule has 0 fully saturated rings. The molecule has 0 radical (unpaired) electrons. The molecule has 0 N–H and O–H groups in total. The van der Waals surface area contributed by atoms with Crippen molar-refractivity contribution in [2.75, 3.05) is 0 Å². The van der Waals surface area contributed by atoms with E-state index in [0.717, 1.165) is 11.8 Å². The van der Waals surface area contributed by atoms with Crippen molar-refractivity contribution < 1.29 is 0 Å². The lowest BCUT2D eigenvalue weighted by Crippen LogP contribution is -2.13. The molecule has 0 amide bonds. The van der Waals surface area contributed by atoms with Crippen molar-refractivity contribution in [2.24, 2.45) is 17.3 Å². The van der Waals surface area contributed by atoms with Gasteiger partial charge in [0.15, 0.2) is 0 Å². The second-order valence-corrected chi connectivity index (χ2v) is 6.79. The van der Waals surface area contributed by atoms with Crippen LogP contribution in [-0.2, 0) is 0 Å². The highest BCUT2D eigenvalue weighted by Crippen LogP contribution is 2.32. The van der Waals surface area contributed by atoms with E-state index in [-0.39, 0.29) is 0 Å². The second-order valence-electron chi connectivity index (χ2n) is 6.79. The van der Waals surface area contributed by atoms with Crippen molar-refractivity contribution in [3.63, 3.8) is 0 Å². The number of unbranched alkanes of at least 4 members (excludes halogenated alkanes) is 1. The SMILES string of the molecule is CCC(CC)CC(C)CCCCC(C)(CC)CC. The third-order valence-electron chi connectivity index (χ3n) is 5.32. The third kappa shape index (κ3) is 7.44. The van der Waals surface area contributed by atoms with Gasteiger partial charge >= 0.3 is 0 Å². The molecule has 1 unspecified atom stereocenters. The van der Waals surface area contributed by atoms with Crippen LogP contribution in [0.1, 0.15) is 99.3 Å². The lowest BCUT2D eigenvalue weighted by molar-refractivity contribution is 0.256. The molecular formula is C18H38. The van der Waals surface area contributed by atoms with Crippen LogP contribution in [0.4, 0.5) is 0 Å². The summed E-state index contributed by atoms with van der Waals surface area (Å²) in [6, 6.07) is 0. The first-order valence-corrected chi connectivity index (χ1v) is 8.51. The van der Waals surface area contributed by atoms with Crippen LogP contribution in [0, 0.1) is 17.3 Å². The standard InChI is InChI=1S/C18H38/c1-7-17(8-2)15-16(5)13-11-12-14-18(6,9-3)10-4/h16-17H,7-15H2,1-6H3. The van der Waals surface area contributed by atoms with E-state index < -0.39 is 0 Å². The molecule has 0 aromatic carbocycles. The number of hydrogen-bond acceptors (Lipinski definition) is 0. The average Bonchev–Trinajstić information content (AvgIpc) is 2.40. The van der Waals surface area contributed by atoms with Crippen LogP contribution in [0.5, 0.6) is 0 Å². The van der Waals surface area contributed by atoms with Crippen LogP contribution in [0.3, 0.4) is 0 Å². The van der Waals surface area contributed by atoms with Gasteiger partial charge in [-0.3, -0.25) is 0 Å². The van der Waals surface area contributed by atoms with Crippen molar-refractivity contribution in [1.29, 1.82) is 0 Å². The Kier molecular flexibility index (Phi) is 9.87. The molecule has 110 valence electrons. The molecule has 0 rings (SSSR count). The van der Waals surface area contributed by atoms with E-state index in [1.165, 1.54) is 57.8 Å². The zero-order valence-corrected chi connectivity index (χ0v) is 14.0. The predicted molar refractivity (Wildman–Crippen MR) is 85.0 cm³/mol. The van der Waals surface area contributed by atoms with Gasteiger partial charge in [0.05, 0.1) is 0 Å². The molecule has 0 saturated heterocycles. The minimum absolute atomic E-state index is 0.610. The summed E-state index contributed by atoms with van der Waals surface area (Å²) in [5.41, 5.74) is 0.610. The number of rotatable bonds is 11. The van der Waals surface area contributed by atoms with Gasteiger partial charge in [-0.2, -0.15) is 0 Å². The van der Waals surface area contributed by atoms with E-state index in [9.17, 15) is 0 Å². The third-order valence-corrected chi connectivity index (χ3v) is 5.32. The summed E-state index contributed by atoms with van der Waals surface area (Å²) < 4.78 is 0. The van der Waals surface area contributed by atoms with Gasteiger partial charge in [-0.15, -0.1) is 0 Å². The van der Waals surface area contributed by atoms with Crippen LogP contribution in [0.25, 0.3) is 0 Å². The van der Waals surface area contributed by atoms with Gasteiger partial charge in [-0.25, -0.2) is 0 Å². The molecule has 0 heterocycles. The summed E-state index contributed by atoms with van der Waals surface area (Å²) in [5.74, 6) is 1.90. The van der Waals surface area contributed by atoms with Gasteiger partial charge in [-0.1, -0.05) is 86.5 Å². The van der Waals surface area contributed by atoms with Gasteiger partial charge < -0.3 is 0 Å². The summed E-state index contributed by atoms with van der Waals surface area (Å²) in [7, 11) is 0. The molecule has 0 saturated carbocycles. The smallest absolute Gasteiger partial charge is 0.0331 e. The molecule has 0 aromatic heterocycles. The minimum Gasteiger partial charge on any atom is -0.0651 e. The quantitative estimate of drug-likeness (QED) is 0.354. The highest BCUT2D eigenvalue weighted by atomic mass is 14.2. The average molecular weight is 255 g/mol. The van der Waals surface area contributed by atoms with E-state index in [1.807, 2.05) is 0 Å². The van der Waals surface area contributed by atoms with Crippen molar-refractivity contribution in [3.8, 4) is 0 Å². The highest BCUT2D eigenvalue weighted by Gasteiger charge is 2.18. The van der Waals surface area contributed by atoms with E-state index >= 15 is 0 Å². The summed E-state index contributed by atoms with van der Waals surface area (Å²) in [4.78, 5) is 0. The zero-order chi connectivity index (χ0) is 14.0. The molecule has 0 bridgehead atoms. The van der Waals surface area contributed by atoms with Gasteiger partial charge in [-0.05, 0) is 30.1 Å². The molecule has 0 aliphatic heterocycles. The lowest BCUT2D eigenvalue weighted by atomic mass is 9.79. The van der Waals surface area contributed by atoms with E-state index in [0.29, 0.717) is 5.41 Å². The van der Waals surface area contributed by atoms with E-state index in [2.05, 4.69) is 41.5 Å². The Morgan fingerprint density at radius 2 is 1.44 bits per heavy atom. The Balaban J connectivity index is 3.71. The Morgan fingerprint density at radius 3 is 1.89 bits per heavy atom. The topological polar surface area (TPSA) is 0 Å². The minimum atomic E-state index is 0.610. The maximum atomic E-state index is 2.46. The molecule has 1 atom stereocenters. The Labute approximate surface area is 117 Å². The largest absolute Gasteiger partial charge is 0.0651 e. The van der Waals surface area contributed by atoms with E-state index in [4.69, 9.17) is 0 Å². The summed E-state index contributed by atoms with van der Waals surface area (Å²) >= 11 is 0. The molecule has 0 heteroatoms. The predicted octanol–water partition coefficient (Wildman–Crippen LogP) is 6.84. The fourth-order valence-corrected chi connectivity index (χ4v) is 2.96. The van der Waals surface area contributed by atoms with Crippen LogP contribution in [-0.4, -0.2) is 0 Å². The maximum absolute atomic E-state index is 2.46. The zero-order valence-electron chi connectivity index (χ0n) is 14.0. The van der Waals surface area contributed by atoms with Crippen LogP contribution < -0.4 is 0 Å². The first-order chi connectivity index (χ1) is 8.51. The summed E-state index contributed by atoms with van der Waals surface area (Å²) in [5, 5.41) is 0. The first kappa shape index (κ1) is 18.0. The Bertz CT molecular complexity index is 174. The van der Waals surface area contributed by atoms with E-state index in [1.54, 1.807) is 0 Å². The Morgan fingerprint density at radius 1 is 0.889 bits per heavy atom. The van der Waals surface area contributed by atoms with Crippen LogP contribution >= 0.6 is 0 Å². The Hall–Kier alpha value is 0. The fourth-order valence-electron chi connectivity index (χ4n) is 2.96. The fraction of sp³-hybridized carbons (Fsp3) is 1.00. The van der Waals surface area contributed by atoms with Crippen LogP contribution in [0.2, 0.25) is 0 Å². The molecular weight excluding hydrogens is 216 g/mol. The van der Waals surface area contributed by atoms with Crippen molar-refractivity contribution in [3.05, 3.63) is 0 Å². The van der Waals surface area contributed by atoms with Crippen molar-refractivity contribution in [1.82, 2.24) is 0 Å². The second kappa shape index (κ2) is 9.87. The van der Waals surface area contributed by atoms with Gasteiger partial charge in [0.25, 0.3) is 0 Å². The maximum Gasteiger partial charge on any atom is -0.0331 e. The van der Waals surface area contributed by atoms with Crippen molar-refractivity contribution >= 4 is 0 Å². The molecule has 0 aliphatic carbocycles. The first-order valence-electron chi connectivity index (χ1n) is 8.51. The monoisotopic (exact) mass is 254 g/mol. The van der Waals surface area contributed by atoms with Gasteiger partial charge in [0, 0.05) is 0 Å². The normalized spacial score (nSPS) is 14.2. The molecule has 0 aliphatic rings. The number of hydrogen-bond donors (Lipinski definition) is 0. The molecule has 0 nitrogen and oxygen atoms in total. The molecule has 0 spiro atoms. The van der Waals surface area contributed by atoms with Gasteiger partial charge in [0.1, 0.15) is 0 Å². The molecule has 18 heavy (non-hydrogen) atoms. The summed E-state index contributed by atoms with van der Waals surface area (Å²) in [6.45, 7) is 14.3. The summed E-state index contributed by atoms with van der Waals surface area (Å²) in [6.07, 6.45) is 12.6. The molecule has 0 aromatic rings. The van der Waals surface area contributed by atoms with Crippen LogP contribution in [0.15, 0.2) is 0 Å². The highest BCUT2D eigenvalue weighted by molar-refractivity contribution is 4.71. The van der Waals surface area contributed by atoms with Crippen molar-refractivity contribution in [2.45, 2.75) is 99.3 Å². The lowest BCUT2D eigenvalue weighted by Gasteiger charge is -2.27. The van der Waals surface area contributed by atoms with Gasteiger partial charge in [0.2, 0.25) is 0 Å².